The van der Waals surface area contributed by atoms with Gasteiger partial charge < -0.3 is 29.8 Å². The Morgan fingerprint density at radius 3 is 1.88 bits per heavy atom. The second-order valence-electron chi connectivity index (χ2n) is 9.39. The lowest BCUT2D eigenvalue weighted by molar-refractivity contribution is -0.107. The Balaban J connectivity index is 1.68. The summed E-state index contributed by atoms with van der Waals surface area (Å²) in [6.07, 6.45) is -1.59. The fourth-order valence-corrected chi connectivity index (χ4v) is 4.33. The van der Waals surface area contributed by atoms with Crippen LogP contribution in [0.3, 0.4) is 0 Å². The van der Waals surface area contributed by atoms with Crippen LogP contribution in [0.5, 0.6) is 0 Å². The molecule has 0 spiro atoms. The molecule has 0 amide bonds. The van der Waals surface area contributed by atoms with Crippen LogP contribution in [0.25, 0.3) is 0 Å². The fourth-order valence-electron chi connectivity index (χ4n) is 4.33. The minimum Gasteiger partial charge on any atom is -0.462 e. The minimum absolute atomic E-state index is 0.0260. The van der Waals surface area contributed by atoms with E-state index in [9.17, 15) is 9.90 Å². The summed E-state index contributed by atoms with van der Waals surface area (Å²) in [5.41, 5.74) is 10.2. The largest absolute Gasteiger partial charge is 0.462 e. The van der Waals surface area contributed by atoms with Crippen molar-refractivity contribution in [2.45, 2.75) is 45.6 Å². The predicted molar refractivity (Wildman–Crippen MR) is 156 cm³/mol. The molecule has 2 atom stereocenters. The molecule has 0 radical (unpaired) electrons. The zero-order valence-corrected chi connectivity index (χ0v) is 23.1. The first-order chi connectivity index (χ1) is 20.1. The Labute approximate surface area is 240 Å². The van der Waals surface area contributed by atoms with Gasteiger partial charge in [0.2, 0.25) is 0 Å². The van der Waals surface area contributed by atoms with Gasteiger partial charge in [-0.25, -0.2) is 9.78 Å². The summed E-state index contributed by atoms with van der Waals surface area (Å²) in [6.45, 7) is 2.51. The molecule has 0 saturated carbocycles. The van der Waals surface area contributed by atoms with Crippen molar-refractivity contribution in [2.75, 3.05) is 18.9 Å². The maximum Gasteiger partial charge on any atom is 0.341 e. The molecule has 3 N–H and O–H groups in total. The van der Waals surface area contributed by atoms with Crippen LogP contribution in [-0.2, 0) is 45.4 Å². The molecule has 0 fully saturated rings. The van der Waals surface area contributed by atoms with Crippen LogP contribution < -0.4 is 5.73 Å². The van der Waals surface area contributed by atoms with Gasteiger partial charge in [0, 0.05) is 5.56 Å². The van der Waals surface area contributed by atoms with Gasteiger partial charge in [0.25, 0.3) is 0 Å². The summed E-state index contributed by atoms with van der Waals surface area (Å²) >= 11 is 0. The van der Waals surface area contributed by atoms with Crippen molar-refractivity contribution >= 4 is 11.8 Å². The highest BCUT2D eigenvalue weighted by Gasteiger charge is 2.30. The third kappa shape index (κ3) is 8.70. The van der Waals surface area contributed by atoms with Gasteiger partial charge in [-0.1, -0.05) is 91.0 Å². The lowest BCUT2D eigenvalue weighted by Crippen LogP contribution is -2.30. The van der Waals surface area contributed by atoms with E-state index in [2.05, 4.69) is 4.98 Å². The van der Waals surface area contributed by atoms with Crippen molar-refractivity contribution in [1.82, 2.24) is 4.98 Å². The molecule has 0 unspecified atom stereocenters. The first-order valence-electron chi connectivity index (χ1n) is 13.6. The number of nitrogens with two attached hydrogens (primary N) is 1. The molecule has 1 heterocycles. The number of aromatic nitrogens is 1. The third-order valence-corrected chi connectivity index (χ3v) is 6.41. The molecule has 8 nitrogen and oxygen atoms in total. The van der Waals surface area contributed by atoms with E-state index in [0.29, 0.717) is 17.9 Å². The van der Waals surface area contributed by atoms with Crippen molar-refractivity contribution in [3.05, 3.63) is 131 Å². The zero-order valence-electron chi connectivity index (χ0n) is 23.1. The van der Waals surface area contributed by atoms with Gasteiger partial charge in [-0.3, -0.25) is 0 Å². The SMILES string of the molecule is CCOC(=O)c1cc([C@H](OCc2ccccc2)[C@@H](CO)OCc2ccccc2)c(COCc2ccccc2)nc1N. The van der Waals surface area contributed by atoms with Gasteiger partial charge in [-0.05, 0) is 29.7 Å². The molecule has 8 heteroatoms. The monoisotopic (exact) mass is 556 g/mol. The number of hydrogen-bond acceptors (Lipinski definition) is 8. The van der Waals surface area contributed by atoms with Crippen LogP contribution in [0, 0.1) is 0 Å². The summed E-state index contributed by atoms with van der Waals surface area (Å²) in [4.78, 5) is 17.3. The molecule has 0 aliphatic rings. The minimum atomic E-state index is -0.805. The maximum absolute atomic E-state index is 12.8. The molecular weight excluding hydrogens is 520 g/mol. The van der Waals surface area contributed by atoms with Gasteiger partial charge in [0.1, 0.15) is 23.6 Å². The number of hydrogen-bond donors (Lipinski definition) is 2. The second kappa shape index (κ2) is 15.6. The van der Waals surface area contributed by atoms with E-state index >= 15 is 0 Å². The van der Waals surface area contributed by atoms with Crippen LogP contribution in [0.1, 0.15) is 51.3 Å². The van der Waals surface area contributed by atoms with E-state index in [1.54, 1.807) is 13.0 Å². The molecule has 0 aliphatic heterocycles. The topological polar surface area (TPSA) is 113 Å². The highest BCUT2D eigenvalue weighted by atomic mass is 16.5. The van der Waals surface area contributed by atoms with Gasteiger partial charge in [0.05, 0.1) is 45.3 Å². The van der Waals surface area contributed by atoms with Crippen molar-refractivity contribution < 1.29 is 28.8 Å². The van der Waals surface area contributed by atoms with E-state index in [0.717, 1.165) is 16.7 Å². The second-order valence-corrected chi connectivity index (χ2v) is 9.39. The molecule has 3 aromatic carbocycles. The molecule has 214 valence electrons. The Kier molecular flexibility index (Phi) is 11.4. The Morgan fingerprint density at radius 2 is 1.34 bits per heavy atom. The molecule has 0 saturated heterocycles. The summed E-state index contributed by atoms with van der Waals surface area (Å²) in [5.74, 6) is -0.568. The van der Waals surface area contributed by atoms with E-state index in [1.165, 1.54) is 0 Å². The zero-order chi connectivity index (χ0) is 28.9. The van der Waals surface area contributed by atoms with Crippen LogP contribution in [0.2, 0.25) is 0 Å². The number of anilines is 1. The molecular formula is C33H36N2O6. The fraction of sp³-hybridized carbons (Fsp3) is 0.273. The van der Waals surface area contributed by atoms with E-state index < -0.39 is 18.2 Å². The van der Waals surface area contributed by atoms with Crippen LogP contribution in [0.4, 0.5) is 5.82 Å². The lowest BCUT2D eigenvalue weighted by atomic mass is 9.99. The average Bonchev–Trinajstić information content (AvgIpc) is 3.01. The van der Waals surface area contributed by atoms with Gasteiger partial charge in [-0.15, -0.1) is 0 Å². The number of nitrogen functional groups attached to an aromatic ring is 1. The quantitative estimate of drug-likeness (QED) is 0.187. The molecule has 41 heavy (non-hydrogen) atoms. The number of ether oxygens (including phenoxy) is 4. The first kappa shape index (κ1) is 29.9. The standard InChI is InChI=1S/C33H36N2O6/c1-2-39-33(37)28-18-27(29(35-32(28)34)23-38-20-24-12-6-3-7-13-24)31(41-22-26-16-10-5-11-17-26)30(19-36)40-21-25-14-8-4-9-15-25/h3-18,30-31,36H,2,19-23H2,1H3,(H2,34,35)/t30-,31+/m1/s1. The van der Waals surface area contributed by atoms with Gasteiger partial charge >= 0.3 is 5.97 Å². The summed E-state index contributed by atoms with van der Waals surface area (Å²) in [5, 5.41) is 10.5. The molecule has 4 aromatic rings. The summed E-state index contributed by atoms with van der Waals surface area (Å²) in [7, 11) is 0. The normalized spacial score (nSPS) is 12.5. The number of aliphatic hydroxyl groups excluding tert-OH is 1. The number of pyridine rings is 1. The predicted octanol–water partition coefficient (Wildman–Crippen LogP) is 5.39. The lowest BCUT2D eigenvalue weighted by Gasteiger charge is -2.28. The maximum atomic E-state index is 12.8. The van der Waals surface area contributed by atoms with E-state index in [4.69, 9.17) is 24.7 Å². The molecule has 0 aliphatic carbocycles. The summed E-state index contributed by atoms with van der Waals surface area (Å²) < 4.78 is 23.9. The smallest absolute Gasteiger partial charge is 0.341 e. The molecule has 0 bridgehead atoms. The van der Waals surface area contributed by atoms with E-state index in [-0.39, 0.29) is 44.4 Å². The van der Waals surface area contributed by atoms with Crippen molar-refractivity contribution in [1.29, 1.82) is 0 Å². The third-order valence-electron chi connectivity index (χ3n) is 6.41. The molecule has 4 rings (SSSR count). The highest BCUT2D eigenvalue weighted by Crippen LogP contribution is 2.31. The highest BCUT2D eigenvalue weighted by molar-refractivity contribution is 5.94. The van der Waals surface area contributed by atoms with Crippen LogP contribution in [-0.4, -0.2) is 35.4 Å². The summed E-state index contributed by atoms with van der Waals surface area (Å²) in [6, 6.07) is 30.7. The average molecular weight is 557 g/mol. The Bertz CT molecular complexity index is 1350. The van der Waals surface area contributed by atoms with Crippen molar-refractivity contribution in [3.63, 3.8) is 0 Å². The number of esters is 1. The van der Waals surface area contributed by atoms with Crippen LogP contribution >= 0.6 is 0 Å². The number of rotatable bonds is 15. The van der Waals surface area contributed by atoms with Crippen molar-refractivity contribution in [2.24, 2.45) is 0 Å². The van der Waals surface area contributed by atoms with Gasteiger partial charge in [-0.2, -0.15) is 0 Å². The van der Waals surface area contributed by atoms with Gasteiger partial charge in [0.15, 0.2) is 0 Å². The number of nitrogens with zero attached hydrogens (tertiary/aromatic N) is 1. The Morgan fingerprint density at radius 1 is 0.805 bits per heavy atom. The van der Waals surface area contributed by atoms with E-state index in [1.807, 2.05) is 91.0 Å². The van der Waals surface area contributed by atoms with Crippen LogP contribution in [0.15, 0.2) is 97.1 Å². The number of benzene rings is 3. The molecule has 1 aromatic heterocycles. The Hall–Kier alpha value is -4.08. The number of aliphatic hydroxyl groups is 1. The number of carbonyl (C=O) groups excluding carboxylic acids is 1. The first-order valence-corrected chi connectivity index (χ1v) is 13.6. The number of carbonyl (C=O) groups is 1. The van der Waals surface area contributed by atoms with Crippen molar-refractivity contribution in [3.8, 4) is 0 Å².